The molecule has 2 aromatic carbocycles. The summed E-state index contributed by atoms with van der Waals surface area (Å²) in [5.41, 5.74) is 0.0134. The minimum absolute atomic E-state index is 0.0134. The second kappa shape index (κ2) is 6.74. The molecule has 0 unspecified atom stereocenters. The van der Waals surface area contributed by atoms with Gasteiger partial charge in [0.25, 0.3) is 0 Å². The molecule has 0 bridgehead atoms. The van der Waals surface area contributed by atoms with Crippen molar-refractivity contribution in [2.75, 3.05) is 5.32 Å². The molecular weight excluding hydrogens is 271 g/mol. The molecule has 0 spiro atoms. The van der Waals surface area contributed by atoms with Crippen LogP contribution in [0.2, 0.25) is 0 Å². The first-order valence-corrected chi connectivity index (χ1v) is 6.65. The summed E-state index contributed by atoms with van der Waals surface area (Å²) in [4.78, 5) is 11.7. The van der Waals surface area contributed by atoms with Gasteiger partial charge in [0, 0.05) is 6.04 Å². The van der Waals surface area contributed by atoms with Crippen LogP contribution in [0, 0.1) is 5.82 Å². The first-order chi connectivity index (χ1) is 10.1. The molecule has 0 saturated carbocycles. The third-order valence-corrected chi connectivity index (χ3v) is 2.60. The average Bonchev–Trinajstić information content (AvgIpc) is 2.43. The fraction of sp³-hybridized carbons (Fsp3) is 0.188. The topological polar surface area (TPSA) is 50.4 Å². The lowest BCUT2D eigenvalue weighted by Crippen LogP contribution is -2.34. The summed E-state index contributed by atoms with van der Waals surface area (Å²) >= 11 is 0. The maximum absolute atomic E-state index is 13.9. The van der Waals surface area contributed by atoms with Gasteiger partial charge in [0.2, 0.25) is 0 Å². The molecule has 0 aliphatic carbocycles. The molecule has 2 rings (SSSR count). The third kappa shape index (κ3) is 4.21. The van der Waals surface area contributed by atoms with Gasteiger partial charge in [-0.3, -0.25) is 0 Å². The van der Waals surface area contributed by atoms with Gasteiger partial charge in [-0.1, -0.05) is 24.3 Å². The lowest BCUT2D eigenvalue weighted by Gasteiger charge is -2.14. The van der Waals surface area contributed by atoms with Gasteiger partial charge in [-0.25, -0.2) is 9.18 Å². The van der Waals surface area contributed by atoms with Crippen LogP contribution in [0.5, 0.6) is 11.5 Å². The van der Waals surface area contributed by atoms with Gasteiger partial charge in [0.1, 0.15) is 11.4 Å². The lowest BCUT2D eigenvalue weighted by atomic mass is 10.2. The van der Waals surface area contributed by atoms with E-state index in [-0.39, 0.29) is 17.5 Å². The standard InChI is InChI=1S/C16H17FN2O2/c1-11(2)18-16(20)19-15-13(17)9-6-10-14(15)21-12-7-4-3-5-8-12/h3-11H,1-2H3,(H2,18,19,20). The Morgan fingerprint density at radius 3 is 2.48 bits per heavy atom. The number of halogens is 1. The van der Waals surface area contributed by atoms with E-state index >= 15 is 0 Å². The maximum atomic E-state index is 13.9. The smallest absolute Gasteiger partial charge is 0.319 e. The number of amides is 2. The Kier molecular flexibility index (Phi) is 4.77. The van der Waals surface area contributed by atoms with Gasteiger partial charge < -0.3 is 15.4 Å². The normalized spacial score (nSPS) is 10.3. The lowest BCUT2D eigenvalue weighted by molar-refractivity contribution is 0.249. The summed E-state index contributed by atoms with van der Waals surface area (Å²) in [5.74, 6) is 0.262. The molecule has 0 heterocycles. The molecule has 4 nitrogen and oxygen atoms in total. The summed E-state index contributed by atoms with van der Waals surface area (Å²) < 4.78 is 19.5. The molecule has 0 atom stereocenters. The van der Waals surface area contributed by atoms with Crippen molar-refractivity contribution in [3.05, 3.63) is 54.3 Å². The highest BCUT2D eigenvalue weighted by molar-refractivity contribution is 5.91. The van der Waals surface area contributed by atoms with Crippen LogP contribution >= 0.6 is 0 Å². The van der Waals surface area contributed by atoms with Crippen LogP contribution in [-0.2, 0) is 0 Å². The number of para-hydroxylation sites is 2. The van der Waals surface area contributed by atoms with E-state index in [1.807, 2.05) is 32.0 Å². The molecule has 2 N–H and O–H groups in total. The summed E-state index contributed by atoms with van der Waals surface area (Å²) in [6.45, 7) is 3.64. The number of ether oxygens (including phenoxy) is 1. The van der Waals surface area contributed by atoms with Crippen molar-refractivity contribution < 1.29 is 13.9 Å². The monoisotopic (exact) mass is 288 g/mol. The minimum Gasteiger partial charge on any atom is -0.455 e. The third-order valence-electron chi connectivity index (χ3n) is 2.60. The van der Waals surface area contributed by atoms with Crippen LogP contribution in [0.25, 0.3) is 0 Å². The fourth-order valence-corrected chi connectivity index (χ4v) is 1.74. The summed E-state index contributed by atoms with van der Waals surface area (Å²) in [6, 6.07) is 12.9. The Bertz CT molecular complexity index is 615. The van der Waals surface area contributed by atoms with Crippen molar-refractivity contribution >= 4 is 11.7 Å². The first-order valence-electron chi connectivity index (χ1n) is 6.65. The van der Waals surface area contributed by atoms with Crippen molar-refractivity contribution in [2.45, 2.75) is 19.9 Å². The van der Waals surface area contributed by atoms with E-state index in [2.05, 4.69) is 10.6 Å². The molecule has 21 heavy (non-hydrogen) atoms. The van der Waals surface area contributed by atoms with E-state index in [9.17, 15) is 9.18 Å². The number of nitrogens with one attached hydrogen (secondary N) is 2. The number of rotatable bonds is 4. The van der Waals surface area contributed by atoms with Crippen LogP contribution in [0.4, 0.5) is 14.9 Å². The van der Waals surface area contributed by atoms with E-state index in [1.165, 1.54) is 12.1 Å². The zero-order valence-electron chi connectivity index (χ0n) is 11.9. The number of carbonyl (C=O) groups is 1. The highest BCUT2D eigenvalue weighted by Crippen LogP contribution is 2.31. The molecule has 0 aromatic heterocycles. The Morgan fingerprint density at radius 2 is 1.81 bits per heavy atom. The van der Waals surface area contributed by atoms with Gasteiger partial charge >= 0.3 is 6.03 Å². The van der Waals surface area contributed by atoms with Crippen LogP contribution in [0.3, 0.4) is 0 Å². The van der Waals surface area contributed by atoms with Crippen LogP contribution in [0.1, 0.15) is 13.8 Å². The van der Waals surface area contributed by atoms with E-state index in [0.29, 0.717) is 5.75 Å². The quantitative estimate of drug-likeness (QED) is 0.888. The molecule has 0 aliphatic heterocycles. The van der Waals surface area contributed by atoms with Gasteiger partial charge in [0.15, 0.2) is 11.6 Å². The molecule has 0 fully saturated rings. The van der Waals surface area contributed by atoms with Crippen molar-refractivity contribution in [2.24, 2.45) is 0 Å². The molecule has 2 aromatic rings. The van der Waals surface area contributed by atoms with Crippen molar-refractivity contribution in [1.29, 1.82) is 0 Å². The Hall–Kier alpha value is -2.56. The van der Waals surface area contributed by atoms with Gasteiger partial charge in [0.05, 0.1) is 0 Å². The summed E-state index contributed by atoms with van der Waals surface area (Å²) in [6.07, 6.45) is 0. The zero-order valence-corrected chi connectivity index (χ0v) is 11.9. The average molecular weight is 288 g/mol. The molecule has 0 aliphatic rings. The van der Waals surface area contributed by atoms with Crippen molar-refractivity contribution in [3.63, 3.8) is 0 Å². The zero-order chi connectivity index (χ0) is 15.2. The van der Waals surface area contributed by atoms with Gasteiger partial charge in [-0.2, -0.15) is 0 Å². The second-order valence-electron chi connectivity index (χ2n) is 4.78. The predicted octanol–water partition coefficient (Wildman–Crippen LogP) is 4.15. The highest BCUT2D eigenvalue weighted by Gasteiger charge is 2.14. The van der Waals surface area contributed by atoms with E-state index in [0.717, 1.165) is 0 Å². The van der Waals surface area contributed by atoms with E-state index in [4.69, 9.17) is 4.74 Å². The number of hydrogen-bond donors (Lipinski definition) is 2. The summed E-state index contributed by atoms with van der Waals surface area (Å²) in [7, 11) is 0. The van der Waals surface area contributed by atoms with Crippen molar-refractivity contribution in [1.82, 2.24) is 5.32 Å². The second-order valence-corrected chi connectivity index (χ2v) is 4.78. The number of anilines is 1. The molecule has 0 radical (unpaired) electrons. The number of hydrogen-bond acceptors (Lipinski definition) is 2. The number of carbonyl (C=O) groups excluding carboxylic acids is 1. The molecular formula is C16H17FN2O2. The fourth-order valence-electron chi connectivity index (χ4n) is 1.74. The Labute approximate surface area is 122 Å². The molecule has 0 saturated heterocycles. The van der Waals surface area contributed by atoms with Crippen LogP contribution in [-0.4, -0.2) is 12.1 Å². The van der Waals surface area contributed by atoms with E-state index < -0.39 is 11.8 Å². The predicted molar refractivity (Wildman–Crippen MR) is 80.2 cm³/mol. The summed E-state index contributed by atoms with van der Waals surface area (Å²) in [5, 5.41) is 5.12. The molecule has 110 valence electrons. The van der Waals surface area contributed by atoms with E-state index in [1.54, 1.807) is 18.2 Å². The Balaban J connectivity index is 2.22. The maximum Gasteiger partial charge on any atom is 0.319 e. The molecule has 2 amide bonds. The SMILES string of the molecule is CC(C)NC(=O)Nc1c(F)cccc1Oc1ccccc1. The highest BCUT2D eigenvalue weighted by atomic mass is 19.1. The van der Waals surface area contributed by atoms with Gasteiger partial charge in [-0.15, -0.1) is 0 Å². The van der Waals surface area contributed by atoms with Gasteiger partial charge in [-0.05, 0) is 38.1 Å². The number of benzene rings is 2. The first kappa shape index (κ1) is 14.8. The number of urea groups is 1. The minimum atomic E-state index is -0.553. The Morgan fingerprint density at radius 1 is 1.10 bits per heavy atom. The van der Waals surface area contributed by atoms with Crippen LogP contribution in [0.15, 0.2) is 48.5 Å². The van der Waals surface area contributed by atoms with Crippen molar-refractivity contribution in [3.8, 4) is 11.5 Å². The molecule has 5 heteroatoms. The van der Waals surface area contributed by atoms with Crippen LogP contribution < -0.4 is 15.4 Å². The largest absolute Gasteiger partial charge is 0.455 e.